The second kappa shape index (κ2) is 11.6. The smallest absolute Gasteiger partial charge is 0.167 e. The Morgan fingerprint density at radius 3 is 2.26 bits per heavy atom. The zero-order valence-electron chi connectivity index (χ0n) is 17.4. The summed E-state index contributed by atoms with van der Waals surface area (Å²) in [5.74, 6) is 2.19. The van der Waals surface area contributed by atoms with Crippen LogP contribution in [0.1, 0.15) is 16.7 Å². The van der Waals surface area contributed by atoms with Crippen molar-refractivity contribution in [3.63, 3.8) is 0 Å². The lowest BCUT2D eigenvalue weighted by atomic mass is 10.1. The van der Waals surface area contributed by atoms with E-state index in [1.54, 1.807) is 26.4 Å². The van der Waals surface area contributed by atoms with Crippen LogP contribution in [0.3, 0.4) is 0 Å². The molecule has 0 amide bonds. The maximum atomic E-state index is 6.30. The fourth-order valence-corrected chi connectivity index (χ4v) is 4.19. The summed E-state index contributed by atoms with van der Waals surface area (Å²) in [5, 5.41) is 4.62. The fourth-order valence-electron chi connectivity index (χ4n) is 3.23. The molecule has 0 saturated carbocycles. The molecule has 4 nitrogen and oxygen atoms in total. The summed E-state index contributed by atoms with van der Waals surface area (Å²) in [6.07, 6.45) is 0.844. The topological polar surface area (TPSA) is 39.7 Å². The van der Waals surface area contributed by atoms with Gasteiger partial charge < -0.3 is 19.5 Å². The van der Waals surface area contributed by atoms with Crippen molar-refractivity contribution >= 4 is 39.1 Å². The van der Waals surface area contributed by atoms with Crippen LogP contribution in [0.4, 0.5) is 0 Å². The molecular formula is C24H24BrCl2NO3. The van der Waals surface area contributed by atoms with Gasteiger partial charge in [-0.15, -0.1) is 0 Å². The monoisotopic (exact) mass is 523 g/mol. The first-order valence-electron chi connectivity index (χ1n) is 9.78. The Balaban J connectivity index is 1.72. The van der Waals surface area contributed by atoms with E-state index in [-0.39, 0.29) is 6.61 Å². The van der Waals surface area contributed by atoms with E-state index in [1.807, 2.05) is 36.4 Å². The van der Waals surface area contributed by atoms with E-state index in [0.717, 1.165) is 39.9 Å². The molecule has 0 aromatic heterocycles. The number of hydrogen-bond acceptors (Lipinski definition) is 4. The van der Waals surface area contributed by atoms with Crippen LogP contribution in [0.5, 0.6) is 17.2 Å². The lowest BCUT2D eigenvalue weighted by Crippen LogP contribution is -2.18. The van der Waals surface area contributed by atoms with Gasteiger partial charge in [0, 0.05) is 32.2 Å². The van der Waals surface area contributed by atoms with E-state index >= 15 is 0 Å². The van der Waals surface area contributed by atoms with Crippen molar-refractivity contribution in [1.82, 2.24) is 5.32 Å². The molecule has 0 aliphatic rings. The summed E-state index contributed by atoms with van der Waals surface area (Å²) >= 11 is 16.2. The molecule has 3 aromatic carbocycles. The summed E-state index contributed by atoms with van der Waals surface area (Å²) in [6.45, 7) is 1.61. The van der Waals surface area contributed by atoms with Gasteiger partial charge >= 0.3 is 0 Å². The molecular weight excluding hydrogens is 501 g/mol. The molecule has 3 rings (SSSR count). The van der Waals surface area contributed by atoms with Crippen molar-refractivity contribution in [3.05, 3.63) is 85.8 Å². The van der Waals surface area contributed by atoms with Gasteiger partial charge in [-0.3, -0.25) is 0 Å². The number of nitrogens with one attached hydrogen (secondary N) is 1. The van der Waals surface area contributed by atoms with Crippen molar-refractivity contribution in [1.29, 1.82) is 0 Å². The van der Waals surface area contributed by atoms with Gasteiger partial charge in [0.2, 0.25) is 0 Å². The molecule has 0 saturated heterocycles. The van der Waals surface area contributed by atoms with Gasteiger partial charge in [-0.05, 0) is 48.9 Å². The molecule has 0 bridgehead atoms. The van der Waals surface area contributed by atoms with E-state index in [2.05, 4.69) is 27.3 Å². The second-order valence-electron chi connectivity index (χ2n) is 6.78. The molecule has 0 radical (unpaired) electrons. The van der Waals surface area contributed by atoms with Crippen LogP contribution in [-0.4, -0.2) is 20.8 Å². The number of hydrogen-bond donors (Lipinski definition) is 1. The average Bonchev–Trinajstić information content (AvgIpc) is 2.78. The SMILES string of the molecule is COc1ccccc1CCNCc1c(Br)ccc(OC)c1OCc1c(Cl)cccc1Cl. The van der Waals surface area contributed by atoms with Gasteiger partial charge in [-0.1, -0.05) is 63.4 Å². The third-order valence-corrected chi connectivity index (χ3v) is 6.33. The molecule has 0 fully saturated rings. The summed E-state index contributed by atoms with van der Waals surface area (Å²) in [4.78, 5) is 0. The highest BCUT2D eigenvalue weighted by atomic mass is 79.9. The number of benzene rings is 3. The number of para-hydroxylation sites is 1. The zero-order chi connectivity index (χ0) is 22.2. The van der Waals surface area contributed by atoms with Gasteiger partial charge in [0.1, 0.15) is 12.4 Å². The van der Waals surface area contributed by atoms with Crippen molar-refractivity contribution in [2.24, 2.45) is 0 Å². The molecule has 0 heterocycles. The molecule has 0 unspecified atom stereocenters. The van der Waals surface area contributed by atoms with Crippen LogP contribution in [0.2, 0.25) is 10.0 Å². The van der Waals surface area contributed by atoms with Crippen molar-refractivity contribution < 1.29 is 14.2 Å². The Labute approximate surface area is 201 Å². The zero-order valence-corrected chi connectivity index (χ0v) is 20.5. The quantitative estimate of drug-likeness (QED) is 0.300. The molecule has 1 N–H and O–H groups in total. The standard InChI is InChI=1S/C24H24BrCl2NO3/c1-29-22-9-4-3-6-16(22)12-13-28-14-17-19(25)10-11-23(30-2)24(17)31-15-18-20(26)7-5-8-21(18)27/h3-11,28H,12-15H2,1-2H3. The minimum absolute atomic E-state index is 0.236. The van der Waals surface area contributed by atoms with Gasteiger partial charge in [0.05, 0.1) is 14.2 Å². The minimum atomic E-state index is 0.236. The van der Waals surface area contributed by atoms with E-state index in [0.29, 0.717) is 28.1 Å². The Morgan fingerprint density at radius 1 is 0.839 bits per heavy atom. The predicted octanol–water partition coefficient (Wildman–Crippen LogP) is 6.68. The number of rotatable bonds is 10. The maximum absolute atomic E-state index is 6.30. The highest BCUT2D eigenvalue weighted by Gasteiger charge is 2.16. The molecule has 0 atom stereocenters. The first-order valence-corrected chi connectivity index (χ1v) is 11.3. The summed E-state index contributed by atoms with van der Waals surface area (Å²) in [6, 6.07) is 17.3. The third kappa shape index (κ3) is 6.07. The lowest BCUT2D eigenvalue weighted by molar-refractivity contribution is 0.280. The number of halogens is 3. The Hall–Kier alpha value is -1.92. The van der Waals surface area contributed by atoms with Crippen LogP contribution in [-0.2, 0) is 19.6 Å². The van der Waals surface area contributed by atoms with Crippen LogP contribution in [0.15, 0.2) is 59.1 Å². The Morgan fingerprint density at radius 2 is 1.55 bits per heavy atom. The lowest BCUT2D eigenvalue weighted by Gasteiger charge is -2.18. The van der Waals surface area contributed by atoms with Crippen LogP contribution >= 0.6 is 39.1 Å². The molecule has 31 heavy (non-hydrogen) atoms. The summed E-state index contributed by atoms with van der Waals surface area (Å²) < 4.78 is 18.1. The minimum Gasteiger partial charge on any atom is -0.496 e. The number of ether oxygens (including phenoxy) is 3. The van der Waals surface area contributed by atoms with Crippen LogP contribution < -0.4 is 19.5 Å². The Kier molecular flexibility index (Phi) is 8.90. The predicted molar refractivity (Wildman–Crippen MR) is 130 cm³/mol. The van der Waals surface area contributed by atoms with Gasteiger partial charge in [-0.2, -0.15) is 0 Å². The van der Waals surface area contributed by atoms with Gasteiger partial charge in [0.25, 0.3) is 0 Å². The van der Waals surface area contributed by atoms with Crippen LogP contribution in [0.25, 0.3) is 0 Å². The molecule has 7 heteroatoms. The van der Waals surface area contributed by atoms with E-state index in [9.17, 15) is 0 Å². The normalized spacial score (nSPS) is 10.7. The molecule has 164 valence electrons. The van der Waals surface area contributed by atoms with Gasteiger partial charge in [-0.25, -0.2) is 0 Å². The largest absolute Gasteiger partial charge is 0.496 e. The van der Waals surface area contributed by atoms with E-state index < -0.39 is 0 Å². The second-order valence-corrected chi connectivity index (χ2v) is 8.45. The molecule has 0 aliphatic heterocycles. The number of methoxy groups -OCH3 is 2. The third-order valence-electron chi connectivity index (χ3n) is 4.88. The van der Waals surface area contributed by atoms with E-state index in [4.69, 9.17) is 37.4 Å². The molecule has 3 aromatic rings. The summed E-state index contributed by atoms with van der Waals surface area (Å²) in [5.41, 5.74) is 2.86. The highest BCUT2D eigenvalue weighted by molar-refractivity contribution is 9.10. The van der Waals surface area contributed by atoms with Crippen molar-refractivity contribution in [3.8, 4) is 17.2 Å². The van der Waals surface area contributed by atoms with Gasteiger partial charge in [0.15, 0.2) is 11.5 Å². The molecule has 0 aliphatic carbocycles. The molecule has 0 spiro atoms. The highest BCUT2D eigenvalue weighted by Crippen LogP contribution is 2.37. The average molecular weight is 525 g/mol. The first-order chi connectivity index (χ1) is 15.0. The first kappa shape index (κ1) is 23.7. The van der Waals surface area contributed by atoms with Crippen molar-refractivity contribution in [2.45, 2.75) is 19.6 Å². The maximum Gasteiger partial charge on any atom is 0.167 e. The fraction of sp³-hybridized carbons (Fsp3) is 0.250. The Bertz CT molecular complexity index is 1010. The van der Waals surface area contributed by atoms with Crippen molar-refractivity contribution in [2.75, 3.05) is 20.8 Å². The van der Waals surface area contributed by atoms with Crippen LogP contribution in [0, 0.1) is 0 Å². The van der Waals surface area contributed by atoms with E-state index in [1.165, 1.54) is 0 Å². The summed E-state index contributed by atoms with van der Waals surface area (Å²) in [7, 11) is 3.31.